The second-order valence-electron chi connectivity index (χ2n) is 4.42. The normalized spacial score (nSPS) is 27.9. The van der Waals surface area contributed by atoms with Gasteiger partial charge >= 0.3 is 5.97 Å². The minimum Gasteiger partial charge on any atom is -0.466 e. The lowest BCUT2D eigenvalue weighted by atomic mass is 10.0. The van der Waals surface area contributed by atoms with Gasteiger partial charge in [-0.15, -0.1) is 6.58 Å². The maximum atomic E-state index is 11.6. The third-order valence-corrected chi connectivity index (χ3v) is 3.58. The molecule has 15 heavy (non-hydrogen) atoms. The van der Waals surface area contributed by atoms with Gasteiger partial charge in [-0.25, -0.2) is 4.79 Å². The highest BCUT2D eigenvalue weighted by Crippen LogP contribution is 2.56. The van der Waals surface area contributed by atoms with Crippen molar-refractivity contribution in [2.45, 2.75) is 32.1 Å². The summed E-state index contributed by atoms with van der Waals surface area (Å²) in [5.41, 5.74) is 2.25. The summed E-state index contributed by atoms with van der Waals surface area (Å²) in [7, 11) is 1.46. The van der Waals surface area contributed by atoms with E-state index in [1.807, 2.05) is 0 Å². The van der Waals surface area contributed by atoms with Crippen molar-refractivity contribution in [2.24, 2.45) is 11.8 Å². The molecule has 0 aromatic carbocycles. The maximum Gasteiger partial charge on any atom is 0.334 e. The number of methoxy groups -OCH3 is 1. The zero-order chi connectivity index (χ0) is 10.8. The largest absolute Gasteiger partial charge is 0.466 e. The van der Waals surface area contributed by atoms with Crippen molar-refractivity contribution in [3.05, 3.63) is 23.8 Å². The fourth-order valence-corrected chi connectivity index (χ4v) is 2.85. The topological polar surface area (TPSA) is 26.3 Å². The molecule has 2 rings (SSSR count). The second kappa shape index (κ2) is 4.21. The molecular formula is C13H18O2. The Kier molecular flexibility index (Phi) is 2.94. The lowest BCUT2D eigenvalue weighted by Gasteiger charge is -2.04. The van der Waals surface area contributed by atoms with Gasteiger partial charge in [-0.05, 0) is 31.1 Å². The number of allylic oxidation sites excluding steroid dienone is 2. The second-order valence-corrected chi connectivity index (χ2v) is 4.42. The van der Waals surface area contributed by atoms with Crippen molar-refractivity contribution >= 4 is 5.97 Å². The van der Waals surface area contributed by atoms with Crippen molar-refractivity contribution in [1.29, 1.82) is 0 Å². The molecular weight excluding hydrogens is 188 g/mol. The van der Waals surface area contributed by atoms with Crippen LogP contribution < -0.4 is 0 Å². The fourth-order valence-electron chi connectivity index (χ4n) is 2.85. The van der Waals surface area contributed by atoms with E-state index in [4.69, 9.17) is 4.74 Å². The Morgan fingerprint density at radius 3 is 2.53 bits per heavy atom. The molecule has 0 amide bonds. The molecule has 2 aliphatic rings. The smallest absolute Gasteiger partial charge is 0.334 e. The molecule has 2 fully saturated rings. The molecule has 0 bridgehead atoms. The first-order valence-electron chi connectivity index (χ1n) is 5.71. The molecule has 2 nitrogen and oxygen atoms in total. The SMILES string of the molecule is C=CCC(C(=O)OC)=C1C2CCCCC12. The minimum absolute atomic E-state index is 0.153. The molecule has 82 valence electrons. The van der Waals surface area contributed by atoms with Gasteiger partial charge in [0.25, 0.3) is 0 Å². The molecule has 2 aliphatic carbocycles. The highest BCUT2D eigenvalue weighted by atomic mass is 16.5. The van der Waals surface area contributed by atoms with E-state index in [1.54, 1.807) is 6.08 Å². The Labute approximate surface area is 91.0 Å². The Balaban J connectivity index is 2.20. The molecule has 2 unspecified atom stereocenters. The third kappa shape index (κ3) is 1.85. The summed E-state index contributed by atoms with van der Waals surface area (Å²) in [6.07, 6.45) is 7.61. The summed E-state index contributed by atoms with van der Waals surface area (Å²) in [5.74, 6) is 1.22. The molecule has 0 saturated heterocycles. The predicted molar refractivity (Wildman–Crippen MR) is 59.3 cm³/mol. The van der Waals surface area contributed by atoms with Gasteiger partial charge in [0.2, 0.25) is 0 Å². The van der Waals surface area contributed by atoms with E-state index in [9.17, 15) is 4.79 Å². The number of hydrogen-bond donors (Lipinski definition) is 0. The number of esters is 1. The van der Waals surface area contributed by atoms with Crippen LogP contribution in [0.25, 0.3) is 0 Å². The molecule has 0 spiro atoms. The quantitative estimate of drug-likeness (QED) is 0.403. The first-order valence-corrected chi connectivity index (χ1v) is 5.71. The number of carbonyl (C=O) groups excluding carboxylic acids is 1. The van der Waals surface area contributed by atoms with Crippen molar-refractivity contribution in [3.8, 4) is 0 Å². The van der Waals surface area contributed by atoms with E-state index in [0.717, 1.165) is 5.57 Å². The lowest BCUT2D eigenvalue weighted by Crippen LogP contribution is -2.04. The third-order valence-electron chi connectivity index (χ3n) is 3.58. The highest BCUT2D eigenvalue weighted by molar-refractivity contribution is 5.90. The number of fused-ring (bicyclic) bond motifs is 1. The van der Waals surface area contributed by atoms with Crippen LogP contribution in [0, 0.1) is 11.8 Å². The van der Waals surface area contributed by atoms with E-state index >= 15 is 0 Å². The first kappa shape index (κ1) is 10.5. The number of ether oxygens (including phenoxy) is 1. The monoisotopic (exact) mass is 206 g/mol. The van der Waals surface area contributed by atoms with Crippen LogP contribution in [0.2, 0.25) is 0 Å². The highest BCUT2D eigenvalue weighted by Gasteiger charge is 2.47. The molecule has 0 aromatic rings. The van der Waals surface area contributed by atoms with Crippen LogP contribution in [0.15, 0.2) is 23.8 Å². The molecule has 2 atom stereocenters. The summed E-state index contributed by atoms with van der Waals surface area (Å²) >= 11 is 0. The summed E-state index contributed by atoms with van der Waals surface area (Å²) in [6.45, 7) is 3.70. The number of carbonyl (C=O) groups is 1. The zero-order valence-corrected chi connectivity index (χ0v) is 9.29. The van der Waals surface area contributed by atoms with Gasteiger partial charge in [0, 0.05) is 5.57 Å². The number of rotatable bonds is 3. The Bertz CT molecular complexity index is 300. The molecule has 0 aromatic heterocycles. The zero-order valence-electron chi connectivity index (χ0n) is 9.29. The fraction of sp³-hybridized carbons (Fsp3) is 0.615. The average Bonchev–Trinajstić information content (AvgIpc) is 2.99. The van der Waals surface area contributed by atoms with Gasteiger partial charge in [-0.2, -0.15) is 0 Å². The first-order chi connectivity index (χ1) is 7.29. The van der Waals surface area contributed by atoms with Crippen LogP contribution in [0.3, 0.4) is 0 Å². The molecule has 0 N–H and O–H groups in total. The van der Waals surface area contributed by atoms with E-state index in [1.165, 1.54) is 38.4 Å². The Morgan fingerprint density at radius 1 is 1.47 bits per heavy atom. The van der Waals surface area contributed by atoms with E-state index in [-0.39, 0.29) is 5.97 Å². The summed E-state index contributed by atoms with van der Waals surface area (Å²) in [6, 6.07) is 0. The summed E-state index contributed by atoms with van der Waals surface area (Å²) < 4.78 is 4.83. The Morgan fingerprint density at radius 2 is 2.07 bits per heavy atom. The van der Waals surface area contributed by atoms with E-state index in [2.05, 4.69) is 6.58 Å². The predicted octanol–water partition coefficient (Wildman–Crippen LogP) is 2.85. The summed E-state index contributed by atoms with van der Waals surface area (Å²) in [4.78, 5) is 11.6. The Hall–Kier alpha value is -1.05. The van der Waals surface area contributed by atoms with Crippen LogP contribution in [-0.4, -0.2) is 13.1 Å². The standard InChI is InChI=1S/C13H18O2/c1-3-6-11(13(14)15-2)12-9-7-4-5-8-10(9)12/h3,9-10H,1,4-8H2,2H3. The minimum atomic E-state index is -0.153. The van der Waals surface area contributed by atoms with Gasteiger partial charge in [-0.1, -0.05) is 24.5 Å². The molecule has 0 radical (unpaired) electrons. The van der Waals surface area contributed by atoms with Crippen molar-refractivity contribution in [2.75, 3.05) is 7.11 Å². The summed E-state index contributed by atoms with van der Waals surface area (Å²) in [5, 5.41) is 0. The van der Waals surface area contributed by atoms with Crippen molar-refractivity contribution in [3.63, 3.8) is 0 Å². The van der Waals surface area contributed by atoms with E-state index < -0.39 is 0 Å². The van der Waals surface area contributed by atoms with Crippen molar-refractivity contribution in [1.82, 2.24) is 0 Å². The molecule has 2 saturated carbocycles. The van der Waals surface area contributed by atoms with Gasteiger partial charge in [0.15, 0.2) is 0 Å². The van der Waals surface area contributed by atoms with Crippen LogP contribution in [0.5, 0.6) is 0 Å². The van der Waals surface area contributed by atoms with Gasteiger partial charge in [0.05, 0.1) is 7.11 Å². The van der Waals surface area contributed by atoms with Crippen LogP contribution in [-0.2, 0) is 9.53 Å². The lowest BCUT2D eigenvalue weighted by molar-refractivity contribution is -0.136. The molecule has 2 heteroatoms. The van der Waals surface area contributed by atoms with Crippen LogP contribution in [0.4, 0.5) is 0 Å². The average molecular weight is 206 g/mol. The molecule has 0 aliphatic heterocycles. The van der Waals surface area contributed by atoms with E-state index in [0.29, 0.717) is 18.3 Å². The van der Waals surface area contributed by atoms with Gasteiger partial charge < -0.3 is 4.74 Å². The van der Waals surface area contributed by atoms with Gasteiger partial charge in [-0.3, -0.25) is 0 Å². The number of hydrogen-bond acceptors (Lipinski definition) is 2. The van der Waals surface area contributed by atoms with Crippen molar-refractivity contribution < 1.29 is 9.53 Å². The van der Waals surface area contributed by atoms with Crippen LogP contribution in [0.1, 0.15) is 32.1 Å². The van der Waals surface area contributed by atoms with Crippen LogP contribution >= 0.6 is 0 Å². The molecule has 0 heterocycles. The van der Waals surface area contributed by atoms with Gasteiger partial charge in [0.1, 0.15) is 0 Å². The maximum absolute atomic E-state index is 11.6.